The molecule has 15 heavy (non-hydrogen) atoms. The van der Waals surface area contributed by atoms with Gasteiger partial charge < -0.3 is 5.32 Å². The Hall–Kier alpha value is -1.39. The van der Waals surface area contributed by atoms with Crippen LogP contribution in [0.3, 0.4) is 0 Å². The quantitative estimate of drug-likeness (QED) is 0.615. The number of nitrogens with one attached hydrogen (secondary N) is 2. The van der Waals surface area contributed by atoms with E-state index < -0.39 is 6.04 Å². The molecular formula is C10H14N2O3. The Balaban J connectivity index is 1.88. The van der Waals surface area contributed by atoms with Gasteiger partial charge in [-0.2, -0.15) is 0 Å². The average Bonchev–Trinajstić information content (AvgIpc) is 2.76. The molecular weight excluding hydrogens is 196 g/mol. The van der Waals surface area contributed by atoms with Crippen molar-refractivity contribution in [1.29, 1.82) is 0 Å². The molecule has 2 fully saturated rings. The first-order chi connectivity index (χ1) is 7.16. The van der Waals surface area contributed by atoms with E-state index in [0.717, 1.165) is 25.7 Å². The fourth-order valence-electron chi connectivity index (χ4n) is 2.15. The maximum atomic E-state index is 11.7. The summed E-state index contributed by atoms with van der Waals surface area (Å²) in [6.07, 6.45) is 4.03. The van der Waals surface area contributed by atoms with Crippen LogP contribution >= 0.6 is 0 Å². The maximum absolute atomic E-state index is 11.7. The summed E-state index contributed by atoms with van der Waals surface area (Å²) >= 11 is 0. The molecule has 0 bridgehead atoms. The molecule has 5 nitrogen and oxygen atoms in total. The summed E-state index contributed by atoms with van der Waals surface area (Å²) in [4.78, 5) is 33.7. The average molecular weight is 210 g/mol. The second-order valence-electron chi connectivity index (χ2n) is 4.16. The van der Waals surface area contributed by atoms with E-state index in [1.54, 1.807) is 0 Å². The highest BCUT2D eigenvalue weighted by Crippen LogP contribution is 2.24. The Labute approximate surface area is 87.6 Å². The zero-order chi connectivity index (χ0) is 10.8. The number of rotatable bonds is 2. The Morgan fingerprint density at radius 1 is 1.27 bits per heavy atom. The van der Waals surface area contributed by atoms with Crippen LogP contribution in [0.1, 0.15) is 32.1 Å². The van der Waals surface area contributed by atoms with Gasteiger partial charge in [-0.25, -0.2) is 0 Å². The first-order valence-electron chi connectivity index (χ1n) is 5.31. The third-order valence-electron chi connectivity index (χ3n) is 3.01. The first-order valence-corrected chi connectivity index (χ1v) is 5.31. The van der Waals surface area contributed by atoms with Gasteiger partial charge in [0.1, 0.15) is 6.04 Å². The van der Waals surface area contributed by atoms with Crippen LogP contribution in [0.5, 0.6) is 0 Å². The lowest BCUT2D eigenvalue weighted by Crippen LogP contribution is -2.42. The minimum Gasteiger partial charge on any atom is -0.344 e. The molecule has 5 heteroatoms. The van der Waals surface area contributed by atoms with Crippen LogP contribution in [0.2, 0.25) is 0 Å². The van der Waals surface area contributed by atoms with E-state index in [2.05, 4.69) is 10.6 Å². The summed E-state index contributed by atoms with van der Waals surface area (Å²) in [7, 11) is 0. The summed E-state index contributed by atoms with van der Waals surface area (Å²) in [5.74, 6) is -0.737. The number of amides is 3. The maximum Gasteiger partial charge on any atom is 0.249 e. The standard InChI is InChI=1S/C10H14N2O3/c13-8-5-7(10(15)12-8)11-9(14)6-3-1-2-4-6/h6-7H,1-5H2,(H,11,14)(H,12,13,15). The molecule has 1 atom stereocenters. The van der Waals surface area contributed by atoms with Gasteiger partial charge in [-0.1, -0.05) is 12.8 Å². The van der Waals surface area contributed by atoms with Crippen LogP contribution in [0.4, 0.5) is 0 Å². The Morgan fingerprint density at radius 2 is 1.93 bits per heavy atom. The molecule has 0 aromatic heterocycles. The van der Waals surface area contributed by atoms with Crippen molar-refractivity contribution in [1.82, 2.24) is 10.6 Å². The molecule has 3 amide bonds. The summed E-state index contributed by atoms with van der Waals surface area (Å²) in [6.45, 7) is 0. The first kappa shape index (κ1) is 10.1. The molecule has 0 aromatic rings. The molecule has 2 N–H and O–H groups in total. The van der Waals surface area contributed by atoms with E-state index in [1.807, 2.05) is 0 Å². The molecule has 1 aliphatic heterocycles. The second kappa shape index (κ2) is 4.00. The molecule has 2 aliphatic rings. The Bertz CT molecular complexity index is 308. The van der Waals surface area contributed by atoms with E-state index in [-0.39, 0.29) is 30.1 Å². The van der Waals surface area contributed by atoms with E-state index in [9.17, 15) is 14.4 Å². The van der Waals surface area contributed by atoms with Gasteiger partial charge in [-0.15, -0.1) is 0 Å². The minimum atomic E-state index is -0.648. The van der Waals surface area contributed by atoms with Crippen molar-refractivity contribution >= 4 is 17.7 Å². The number of carbonyl (C=O) groups excluding carboxylic acids is 3. The molecule has 2 rings (SSSR count). The normalized spacial score (nSPS) is 26.8. The number of carbonyl (C=O) groups is 3. The number of imide groups is 1. The topological polar surface area (TPSA) is 75.3 Å². The lowest BCUT2D eigenvalue weighted by Gasteiger charge is -2.13. The second-order valence-corrected chi connectivity index (χ2v) is 4.16. The highest BCUT2D eigenvalue weighted by Gasteiger charge is 2.33. The van der Waals surface area contributed by atoms with Crippen LogP contribution in [-0.4, -0.2) is 23.8 Å². The van der Waals surface area contributed by atoms with E-state index in [0.29, 0.717) is 0 Å². The van der Waals surface area contributed by atoms with Crippen LogP contribution in [0, 0.1) is 5.92 Å². The largest absolute Gasteiger partial charge is 0.344 e. The van der Waals surface area contributed by atoms with Gasteiger partial charge in [0.2, 0.25) is 17.7 Å². The third kappa shape index (κ3) is 2.16. The van der Waals surface area contributed by atoms with Crippen molar-refractivity contribution in [3.05, 3.63) is 0 Å². The van der Waals surface area contributed by atoms with Crippen molar-refractivity contribution in [2.24, 2.45) is 5.92 Å². The van der Waals surface area contributed by atoms with Gasteiger partial charge in [0.25, 0.3) is 0 Å². The van der Waals surface area contributed by atoms with Gasteiger partial charge >= 0.3 is 0 Å². The van der Waals surface area contributed by atoms with Crippen molar-refractivity contribution in [2.75, 3.05) is 0 Å². The van der Waals surface area contributed by atoms with E-state index in [1.165, 1.54) is 0 Å². The molecule has 0 aromatic carbocycles. The van der Waals surface area contributed by atoms with Gasteiger partial charge in [-0.3, -0.25) is 19.7 Å². The molecule has 0 spiro atoms. The molecule has 1 unspecified atom stereocenters. The molecule has 0 radical (unpaired) electrons. The smallest absolute Gasteiger partial charge is 0.249 e. The number of hydrogen-bond donors (Lipinski definition) is 2. The predicted molar refractivity (Wildman–Crippen MR) is 51.7 cm³/mol. The minimum absolute atomic E-state index is 0.0357. The van der Waals surface area contributed by atoms with Crippen LogP contribution < -0.4 is 10.6 Å². The van der Waals surface area contributed by atoms with Gasteiger partial charge in [0.15, 0.2) is 0 Å². The van der Waals surface area contributed by atoms with Crippen molar-refractivity contribution in [3.63, 3.8) is 0 Å². The van der Waals surface area contributed by atoms with Crippen molar-refractivity contribution in [3.8, 4) is 0 Å². The monoisotopic (exact) mass is 210 g/mol. The lowest BCUT2D eigenvalue weighted by molar-refractivity contribution is -0.130. The molecule has 1 aliphatic carbocycles. The van der Waals surface area contributed by atoms with Crippen molar-refractivity contribution in [2.45, 2.75) is 38.1 Å². The van der Waals surface area contributed by atoms with Gasteiger partial charge in [-0.05, 0) is 12.8 Å². The van der Waals surface area contributed by atoms with Crippen molar-refractivity contribution < 1.29 is 14.4 Å². The van der Waals surface area contributed by atoms with Crippen LogP contribution in [0.25, 0.3) is 0 Å². The van der Waals surface area contributed by atoms with Crippen LogP contribution in [0.15, 0.2) is 0 Å². The summed E-state index contributed by atoms with van der Waals surface area (Å²) in [5, 5.41) is 4.80. The summed E-state index contributed by atoms with van der Waals surface area (Å²) in [6, 6.07) is -0.648. The fraction of sp³-hybridized carbons (Fsp3) is 0.700. The van der Waals surface area contributed by atoms with E-state index >= 15 is 0 Å². The number of hydrogen-bond acceptors (Lipinski definition) is 3. The predicted octanol–water partition coefficient (Wildman–Crippen LogP) is -0.292. The summed E-state index contributed by atoms with van der Waals surface area (Å²) < 4.78 is 0. The molecule has 1 saturated heterocycles. The molecule has 1 heterocycles. The zero-order valence-corrected chi connectivity index (χ0v) is 8.41. The SMILES string of the molecule is O=C1CC(NC(=O)C2CCCC2)C(=O)N1. The Kier molecular flexibility index (Phi) is 2.70. The van der Waals surface area contributed by atoms with E-state index in [4.69, 9.17) is 0 Å². The third-order valence-corrected chi connectivity index (χ3v) is 3.01. The van der Waals surface area contributed by atoms with Gasteiger partial charge in [0.05, 0.1) is 6.42 Å². The highest BCUT2D eigenvalue weighted by atomic mass is 16.2. The molecule has 1 saturated carbocycles. The molecule has 82 valence electrons. The lowest BCUT2D eigenvalue weighted by atomic mass is 10.1. The van der Waals surface area contributed by atoms with Crippen LogP contribution in [-0.2, 0) is 14.4 Å². The summed E-state index contributed by atoms with van der Waals surface area (Å²) in [5.41, 5.74) is 0. The fourth-order valence-corrected chi connectivity index (χ4v) is 2.15. The Morgan fingerprint density at radius 3 is 2.47 bits per heavy atom. The van der Waals surface area contributed by atoms with Gasteiger partial charge in [0, 0.05) is 5.92 Å². The zero-order valence-electron chi connectivity index (χ0n) is 8.41. The highest BCUT2D eigenvalue weighted by molar-refractivity contribution is 6.06.